The number of rotatable bonds is 1. The van der Waals surface area contributed by atoms with Gasteiger partial charge in [-0.1, -0.05) is 0 Å². The third kappa shape index (κ3) is 3.66. The van der Waals surface area contributed by atoms with Crippen LogP contribution in [-0.2, 0) is 0 Å². The van der Waals surface area contributed by atoms with Crippen LogP contribution in [0.15, 0.2) is 36.7 Å². The van der Waals surface area contributed by atoms with Crippen molar-refractivity contribution in [3.8, 4) is 11.3 Å². The Labute approximate surface area is 161 Å². The molecule has 4 rings (SSSR count). The molecule has 0 atom stereocenters. The maximum Gasteiger partial charge on any atom is 0.156 e. The van der Waals surface area contributed by atoms with Crippen molar-refractivity contribution in [2.45, 2.75) is 13.8 Å². The molecule has 0 saturated heterocycles. The molecule has 0 spiro atoms. The van der Waals surface area contributed by atoms with E-state index in [2.05, 4.69) is 20.3 Å². The lowest BCUT2D eigenvalue weighted by molar-refractivity contribution is 0.639. The fourth-order valence-corrected chi connectivity index (χ4v) is 2.59. The summed E-state index contributed by atoms with van der Waals surface area (Å²) in [5.41, 5.74) is 4.54. The SMILES string of the molecule is Cc1cn2nc(-c3cc(F)c4ccnnc4c3)cc(C)c2n1.Cl.Cl.Cl. The smallest absolute Gasteiger partial charge is 0.156 e. The first-order chi connectivity index (χ1) is 10.6. The quantitative estimate of drug-likeness (QED) is 0.475. The van der Waals surface area contributed by atoms with E-state index in [1.807, 2.05) is 26.1 Å². The number of fused-ring (bicyclic) bond motifs is 2. The Bertz CT molecular complexity index is 1040. The van der Waals surface area contributed by atoms with Gasteiger partial charge < -0.3 is 0 Å². The zero-order valence-corrected chi connectivity index (χ0v) is 15.8. The predicted octanol–water partition coefficient (Wildman–Crippen LogP) is 4.36. The molecule has 3 aromatic heterocycles. The van der Waals surface area contributed by atoms with Crippen LogP contribution in [0.5, 0.6) is 0 Å². The van der Waals surface area contributed by atoms with Gasteiger partial charge in [-0.3, -0.25) is 0 Å². The molecule has 1 aromatic carbocycles. The van der Waals surface area contributed by atoms with E-state index >= 15 is 0 Å². The summed E-state index contributed by atoms with van der Waals surface area (Å²) in [5.74, 6) is -0.330. The Kier molecular flexibility index (Phi) is 6.65. The van der Waals surface area contributed by atoms with Crippen molar-refractivity contribution in [1.82, 2.24) is 24.8 Å². The summed E-state index contributed by atoms with van der Waals surface area (Å²) >= 11 is 0. The Hall–Kier alpha value is -2.02. The molecule has 0 radical (unpaired) electrons. The molecule has 0 saturated carbocycles. The van der Waals surface area contributed by atoms with Gasteiger partial charge in [0.2, 0.25) is 0 Å². The fraction of sp³-hybridized carbons (Fsp3) is 0.125. The van der Waals surface area contributed by atoms with Gasteiger partial charge in [-0.2, -0.15) is 15.3 Å². The summed E-state index contributed by atoms with van der Waals surface area (Å²) < 4.78 is 16.0. The lowest BCUT2D eigenvalue weighted by atomic mass is 10.1. The fourth-order valence-electron chi connectivity index (χ4n) is 2.59. The summed E-state index contributed by atoms with van der Waals surface area (Å²) in [6, 6.07) is 6.78. The van der Waals surface area contributed by atoms with Crippen molar-refractivity contribution in [3.05, 3.63) is 53.7 Å². The van der Waals surface area contributed by atoms with Gasteiger partial charge in [-0.25, -0.2) is 13.9 Å². The van der Waals surface area contributed by atoms with Crippen LogP contribution in [-0.4, -0.2) is 24.8 Å². The largest absolute Gasteiger partial charge is 0.232 e. The van der Waals surface area contributed by atoms with Gasteiger partial charge in [0, 0.05) is 10.9 Å². The highest BCUT2D eigenvalue weighted by atomic mass is 35.5. The number of hydrogen-bond donors (Lipinski definition) is 0. The maximum atomic E-state index is 14.2. The molecule has 0 unspecified atom stereocenters. The second-order valence-electron chi connectivity index (χ2n) is 5.29. The molecule has 0 aliphatic carbocycles. The van der Waals surface area contributed by atoms with Crippen molar-refractivity contribution >= 4 is 53.8 Å². The van der Waals surface area contributed by atoms with Gasteiger partial charge in [-0.15, -0.1) is 37.2 Å². The highest BCUT2D eigenvalue weighted by Gasteiger charge is 2.11. The minimum Gasteiger partial charge on any atom is -0.232 e. The molecule has 5 nitrogen and oxygen atoms in total. The molecule has 3 heterocycles. The van der Waals surface area contributed by atoms with Gasteiger partial charge in [0.15, 0.2) is 5.65 Å². The van der Waals surface area contributed by atoms with Crippen LogP contribution in [0.1, 0.15) is 11.3 Å². The Balaban J connectivity index is 0.00000104. The van der Waals surface area contributed by atoms with E-state index in [9.17, 15) is 4.39 Å². The first kappa shape index (κ1) is 21.0. The molecule has 0 N–H and O–H groups in total. The lowest BCUT2D eigenvalue weighted by Gasteiger charge is -2.06. The van der Waals surface area contributed by atoms with Crippen molar-refractivity contribution < 1.29 is 4.39 Å². The van der Waals surface area contributed by atoms with E-state index in [-0.39, 0.29) is 43.0 Å². The molecule has 9 heteroatoms. The highest BCUT2D eigenvalue weighted by molar-refractivity contribution is 5.86. The van der Waals surface area contributed by atoms with E-state index in [1.165, 1.54) is 12.3 Å². The van der Waals surface area contributed by atoms with Crippen molar-refractivity contribution in [3.63, 3.8) is 0 Å². The second kappa shape index (κ2) is 7.91. The molecule has 0 bridgehead atoms. The van der Waals surface area contributed by atoms with Crippen LogP contribution >= 0.6 is 37.2 Å². The van der Waals surface area contributed by atoms with Crippen LogP contribution in [0.3, 0.4) is 0 Å². The van der Waals surface area contributed by atoms with Crippen molar-refractivity contribution in [2.75, 3.05) is 0 Å². The number of aryl methyl sites for hydroxylation is 2. The van der Waals surface area contributed by atoms with Crippen LogP contribution in [0.4, 0.5) is 4.39 Å². The van der Waals surface area contributed by atoms with Gasteiger partial charge >= 0.3 is 0 Å². The van der Waals surface area contributed by atoms with Crippen LogP contribution in [0, 0.1) is 19.7 Å². The Morgan fingerprint density at radius 2 is 1.80 bits per heavy atom. The van der Waals surface area contributed by atoms with E-state index in [1.54, 1.807) is 16.6 Å². The first-order valence-electron chi connectivity index (χ1n) is 6.87. The third-order valence-corrected chi connectivity index (χ3v) is 3.61. The zero-order chi connectivity index (χ0) is 15.3. The number of hydrogen-bond acceptors (Lipinski definition) is 4. The molecule has 0 amide bonds. The van der Waals surface area contributed by atoms with E-state index in [0.717, 1.165) is 16.9 Å². The van der Waals surface area contributed by atoms with Crippen LogP contribution in [0.2, 0.25) is 0 Å². The van der Waals surface area contributed by atoms with Crippen molar-refractivity contribution in [2.24, 2.45) is 0 Å². The van der Waals surface area contributed by atoms with E-state index < -0.39 is 0 Å². The summed E-state index contributed by atoms with van der Waals surface area (Å²) in [5, 5.41) is 12.8. The third-order valence-electron chi connectivity index (χ3n) is 3.61. The molecular formula is C16H15Cl3FN5. The Morgan fingerprint density at radius 3 is 2.56 bits per heavy atom. The number of halogens is 4. The molecule has 25 heavy (non-hydrogen) atoms. The monoisotopic (exact) mass is 401 g/mol. The molecule has 0 aliphatic rings. The molecule has 4 aromatic rings. The number of benzene rings is 1. The van der Waals surface area contributed by atoms with Gasteiger partial charge in [0.05, 0.1) is 29.3 Å². The molecule has 0 fully saturated rings. The average Bonchev–Trinajstić information content (AvgIpc) is 2.88. The minimum absolute atomic E-state index is 0. The lowest BCUT2D eigenvalue weighted by Crippen LogP contribution is -1.97. The van der Waals surface area contributed by atoms with Gasteiger partial charge in [0.25, 0.3) is 0 Å². The minimum atomic E-state index is -0.330. The molecule has 0 aliphatic heterocycles. The normalized spacial score (nSPS) is 10.0. The van der Waals surface area contributed by atoms with Crippen molar-refractivity contribution in [1.29, 1.82) is 0 Å². The summed E-state index contributed by atoms with van der Waals surface area (Å²) in [7, 11) is 0. The van der Waals surface area contributed by atoms with Crippen LogP contribution < -0.4 is 0 Å². The number of aromatic nitrogens is 5. The van der Waals surface area contributed by atoms with Gasteiger partial charge in [0.1, 0.15) is 5.82 Å². The Morgan fingerprint density at radius 1 is 1.04 bits per heavy atom. The van der Waals surface area contributed by atoms with E-state index in [0.29, 0.717) is 22.2 Å². The standard InChI is InChI=1S/C16H12FN5.3ClH/c1-9-5-14(21-22-8-10(2)19-16(9)22)11-6-13(17)12-3-4-18-20-15(12)7-11;;;/h3-8H,1-2H3;3*1H. The maximum absolute atomic E-state index is 14.2. The topological polar surface area (TPSA) is 56.0 Å². The summed E-state index contributed by atoms with van der Waals surface area (Å²) in [4.78, 5) is 4.42. The summed E-state index contributed by atoms with van der Waals surface area (Å²) in [6.07, 6.45) is 3.33. The average molecular weight is 403 g/mol. The predicted molar refractivity (Wildman–Crippen MR) is 103 cm³/mol. The highest BCUT2D eigenvalue weighted by Crippen LogP contribution is 2.25. The molecular weight excluding hydrogens is 388 g/mol. The van der Waals surface area contributed by atoms with Gasteiger partial charge in [-0.05, 0) is 43.7 Å². The summed E-state index contributed by atoms with van der Waals surface area (Å²) in [6.45, 7) is 3.88. The number of imidazole rings is 1. The number of nitrogens with zero attached hydrogens (tertiary/aromatic N) is 5. The first-order valence-corrected chi connectivity index (χ1v) is 6.87. The van der Waals surface area contributed by atoms with E-state index in [4.69, 9.17) is 0 Å². The van der Waals surface area contributed by atoms with Crippen LogP contribution in [0.25, 0.3) is 27.8 Å². The zero-order valence-electron chi connectivity index (χ0n) is 13.3. The second-order valence-corrected chi connectivity index (χ2v) is 5.29. The molecule has 132 valence electrons.